The van der Waals surface area contributed by atoms with Crippen molar-refractivity contribution in [1.82, 2.24) is 19.6 Å². The lowest BCUT2D eigenvalue weighted by Gasteiger charge is -2.06. The predicted molar refractivity (Wildman–Crippen MR) is 89.7 cm³/mol. The van der Waals surface area contributed by atoms with Crippen molar-refractivity contribution in [1.29, 1.82) is 0 Å². The van der Waals surface area contributed by atoms with Gasteiger partial charge in [0.1, 0.15) is 0 Å². The molecule has 0 atom stereocenters. The van der Waals surface area contributed by atoms with Crippen molar-refractivity contribution in [3.8, 4) is 17.1 Å². The van der Waals surface area contributed by atoms with Gasteiger partial charge in [0.15, 0.2) is 5.65 Å². The van der Waals surface area contributed by atoms with Gasteiger partial charge in [0.25, 0.3) is 0 Å². The quantitative estimate of drug-likeness (QED) is 0.564. The van der Waals surface area contributed by atoms with Gasteiger partial charge in [-0.1, -0.05) is 6.07 Å². The molecule has 4 heterocycles. The van der Waals surface area contributed by atoms with Crippen molar-refractivity contribution >= 4 is 17.0 Å². The van der Waals surface area contributed by atoms with Crippen LogP contribution in [0.25, 0.3) is 16.9 Å². The number of hydrogen-bond donors (Lipinski definition) is 0. The number of rotatable bonds is 5. The van der Waals surface area contributed by atoms with Crippen LogP contribution in [0, 0.1) is 0 Å². The van der Waals surface area contributed by atoms with Crippen LogP contribution in [-0.4, -0.2) is 26.2 Å². The summed E-state index contributed by atoms with van der Waals surface area (Å²) in [5.74, 6) is 0.593. The molecule has 0 bridgehead atoms. The standard InChI is InChI=1S/C17H14N4OS/c1-2-13(10-18-7-1)5-8-22-17-4-3-16-19-11-15(21(16)20-17)14-6-9-23-12-14/h1-4,6-7,9-12H,5,8H2. The number of aromatic nitrogens is 4. The zero-order chi connectivity index (χ0) is 15.5. The van der Waals surface area contributed by atoms with Gasteiger partial charge in [-0.25, -0.2) is 9.50 Å². The van der Waals surface area contributed by atoms with Gasteiger partial charge in [-0.15, -0.1) is 5.10 Å². The lowest BCUT2D eigenvalue weighted by atomic mass is 10.2. The van der Waals surface area contributed by atoms with E-state index in [1.807, 2.05) is 46.6 Å². The molecule has 0 N–H and O–H groups in total. The highest BCUT2D eigenvalue weighted by Crippen LogP contribution is 2.23. The Morgan fingerprint density at radius 2 is 2.13 bits per heavy atom. The number of pyridine rings is 1. The van der Waals surface area contributed by atoms with Gasteiger partial charge in [-0.2, -0.15) is 11.3 Å². The Bertz CT molecular complexity index is 903. The van der Waals surface area contributed by atoms with Crippen molar-refractivity contribution < 1.29 is 4.74 Å². The normalized spacial score (nSPS) is 11.0. The van der Waals surface area contributed by atoms with Crippen molar-refractivity contribution in [2.75, 3.05) is 6.61 Å². The number of thiophene rings is 1. The van der Waals surface area contributed by atoms with Crippen LogP contribution in [0.15, 0.2) is 59.7 Å². The minimum Gasteiger partial charge on any atom is -0.476 e. The van der Waals surface area contributed by atoms with E-state index in [1.165, 1.54) is 0 Å². The van der Waals surface area contributed by atoms with E-state index in [9.17, 15) is 0 Å². The van der Waals surface area contributed by atoms with E-state index >= 15 is 0 Å². The summed E-state index contributed by atoms with van der Waals surface area (Å²) in [5, 5.41) is 8.67. The molecule has 0 fully saturated rings. The largest absolute Gasteiger partial charge is 0.476 e. The van der Waals surface area contributed by atoms with Crippen molar-refractivity contribution in [3.05, 3.63) is 65.2 Å². The summed E-state index contributed by atoms with van der Waals surface area (Å²) in [6.07, 6.45) is 6.26. The third-order valence-electron chi connectivity index (χ3n) is 3.52. The number of ether oxygens (including phenoxy) is 1. The fraction of sp³-hybridized carbons (Fsp3) is 0.118. The second-order valence-corrected chi connectivity index (χ2v) is 5.84. The van der Waals surface area contributed by atoms with E-state index in [4.69, 9.17) is 4.74 Å². The first kappa shape index (κ1) is 13.9. The fourth-order valence-corrected chi connectivity index (χ4v) is 3.01. The molecule has 0 amide bonds. The first-order valence-corrected chi connectivity index (χ1v) is 8.23. The molecule has 6 heteroatoms. The zero-order valence-electron chi connectivity index (χ0n) is 12.3. The molecule has 0 radical (unpaired) electrons. The average Bonchev–Trinajstić information content (AvgIpc) is 3.24. The lowest BCUT2D eigenvalue weighted by Crippen LogP contribution is -2.05. The highest BCUT2D eigenvalue weighted by Gasteiger charge is 2.08. The van der Waals surface area contributed by atoms with E-state index in [2.05, 4.69) is 26.5 Å². The van der Waals surface area contributed by atoms with Crippen molar-refractivity contribution in [2.24, 2.45) is 0 Å². The SMILES string of the molecule is c1cncc(CCOc2ccc3ncc(-c4ccsc4)n3n2)c1. The van der Waals surface area contributed by atoms with E-state index in [1.54, 1.807) is 17.5 Å². The Balaban J connectivity index is 1.53. The molecule has 0 aliphatic rings. The molecular weight excluding hydrogens is 308 g/mol. The van der Waals surface area contributed by atoms with Gasteiger partial charge in [0, 0.05) is 35.8 Å². The summed E-state index contributed by atoms with van der Waals surface area (Å²) in [6, 6.07) is 9.80. The number of imidazole rings is 1. The van der Waals surface area contributed by atoms with E-state index in [0.717, 1.165) is 28.9 Å². The van der Waals surface area contributed by atoms with Gasteiger partial charge in [0.05, 0.1) is 18.5 Å². The van der Waals surface area contributed by atoms with Crippen LogP contribution in [0.3, 0.4) is 0 Å². The van der Waals surface area contributed by atoms with Crippen LogP contribution in [0.4, 0.5) is 0 Å². The molecule has 4 aromatic rings. The Labute approximate surface area is 137 Å². The third-order valence-corrected chi connectivity index (χ3v) is 4.20. The van der Waals surface area contributed by atoms with Gasteiger partial charge in [-0.05, 0) is 29.1 Å². The Hall–Kier alpha value is -2.73. The summed E-state index contributed by atoms with van der Waals surface area (Å²) >= 11 is 1.66. The summed E-state index contributed by atoms with van der Waals surface area (Å²) < 4.78 is 7.60. The zero-order valence-corrected chi connectivity index (χ0v) is 13.1. The monoisotopic (exact) mass is 322 g/mol. The third kappa shape index (κ3) is 2.93. The van der Waals surface area contributed by atoms with Gasteiger partial charge < -0.3 is 4.74 Å². The molecule has 0 aliphatic carbocycles. The first-order chi connectivity index (χ1) is 11.4. The summed E-state index contributed by atoms with van der Waals surface area (Å²) in [5.41, 5.74) is 4.04. The first-order valence-electron chi connectivity index (χ1n) is 7.29. The summed E-state index contributed by atoms with van der Waals surface area (Å²) in [6.45, 7) is 0.562. The molecule has 0 unspecified atom stereocenters. The summed E-state index contributed by atoms with van der Waals surface area (Å²) in [4.78, 5) is 8.49. The second kappa shape index (κ2) is 6.18. The van der Waals surface area contributed by atoms with Crippen LogP contribution >= 0.6 is 11.3 Å². The van der Waals surface area contributed by atoms with E-state index in [0.29, 0.717) is 12.5 Å². The van der Waals surface area contributed by atoms with Crippen molar-refractivity contribution in [2.45, 2.75) is 6.42 Å². The van der Waals surface area contributed by atoms with Crippen LogP contribution in [0.5, 0.6) is 5.88 Å². The fourth-order valence-electron chi connectivity index (χ4n) is 2.36. The van der Waals surface area contributed by atoms with Crippen LogP contribution in [-0.2, 0) is 6.42 Å². The molecule has 5 nitrogen and oxygen atoms in total. The van der Waals surface area contributed by atoms with E-state index in [-0.39, 0.29) is 0 Å². The molecule has 23 heavy (non-hydrogen) atoms. The number of fused-ring (bicyclic) bond motifs is 1. The topological polar surface area (TPSA) is 52.3 Å². The maximum absolute atomic E-state index is 5.77. The average molecular weight is 322 g/mol. The molecule has 0 saturated carbocycles. The van der Waals surface area contributed by atoms with Crippen molar-refractivity contribution in [3.63, 3.8) is 0 Å². The summed E-state index contributed by atoms with van der Waals surface area (Å²) in [7, 11) is 0. The molecule has 4 rings (SSSR count). The minimum absolute atomic E-state index is 0.562. The maximum Gasteiger partial charge on any atom is 0.231 e. The Morgan fingerprint density at radius 3 is 2.96 bits per heavy atom. The van der Waals surface area contributed by atoms with Gasteiger partial charge in [0.2, 0.25) is 5.88 Å². The molecule has 0 spiro atoms. The highest BCUT2D eigenvalue weighted by atomic mass is 32.1. The van der Waals surface area contributed by atoms with Gasteiger partial charge in [-0.3, -0.25) is 4.98 Å². The van der Waals surface area contributed by atoms with Gasteiger partial charge >= 0.3 is 0 Å². The van der Waals surface area contributed by atoms with Crippen LogP contribution in [0.1, 0.15) is 5.56 Å². The molecule has 0 aliphatic heterocycles. The molecule has 0 aromatic carbocycles. The number of hydrogen-bond acceptors (Lipinski definition) is 5. The predicted octanol–water partition coefficient (Wildman–Crippen LogP) is 3.47. The maximum atomic E-state index is 5.77. The number of nitrogens with zero attached hydrogens (tertiary/aromatic N) is 4. The second-order valence-electron chi connectivity index (χ2n) is 5.06. The van der Waals surface area contributed by atoms with Crippen LogP contribution < -0.4 is 4.74 Å². The molecule has 114 valence electrons. The minimum atomic E-state index is 0.562. The molecular formula is C17H14N4OS. The smallest absolute Gasteiger partial charge is 0.231 e. The van der Waals surface area contributed by atoms with Crippen LogP contribution in [0.2, 0.25) is 0 Å². The molecule has 0 saturated heterocycles. The highest BCUT2D eigenvalue weighted by molar-refractivity contribution is 7.08. The Morgan fingerprint density at radius 1 is 1.13 bits per heavy atom. The lowest BCUT2D eigenvalue weighted by molar-refractivity contribution is 0.304. The molecule has 4 aromatic heterocycles. The Kier molecular flexibility index (Phi) is 3.73. The van der Waals surface area contributed by atoms with E-state index < -0.39 is 0 Å².